The van der Waals surface area contributed by atoms with Gasteiger partial charge in [-0.15, -0.1) is 0 Å². The molecule has 1 N–H and O–H groups in total. The standard InChI is InChI=1S/C18H29NO2/c1-3-15(2)17-9-5-6-10-18(17)21-14-16(20)13-19-11-7-4-8-12-19/h5-6,9-10,15-16,20H,3-4,7-8,11-14H2,1-2H3. The molecule has 0 bridgehead atoms. The summed E-state index contributed by atoms with van der Waals surface area (Å²) in [5.41, 5.74) is 1.24. The molecule has 0 radical (unpaired) electrons. The van der Waals surface area contributed by atoms with Crippen LogP contribution in [0.15, 0.2) is 24.3 Å². The van der Waals surface area contributed by atoms with Crippen molar-refractivity contribution in [3.8, 4) is 5.75 Å². The van der Waals surface area contributed by atoms with Crippen molar-refractivity contribution in [3.63, 3.8) is 0 Å². The number of aliphatic hydroxyl groups is 1. The molecule has 21 heavy (non-hydrogen) atoms. The van der Waals surface area contributed by atoms with Crippen molar-refractivity contribution in [2.75, 3.05) is 26.2 Å². The van der Waals surface area contributed by atoms with Gasteiger partial charge < -0.3 is 14.7 Å². The zero-order valence-corrected chi connectivity index (χ0v) is 13.4. The Bertz CT molecular complexity index is 415. The van der Waals surface area contributed by atoms with E-state index in [1.165, 1.54) is 24.8 Å². The monoisotopic (exact) mass is 291 g/mol. The molecule has 1 fully saturated rings. The third-order valence-corrected chi connectivity index (χ3v) is 4.41. The minimum absolute atomic E-state index is 0.379. The SMILES string of the molecule is CCC(C)c1ccccc1OCC(O)CN1CCCCC1. The van der Waals surface area contributed by atoms with Crippen LogP contribution in [0.5, 0.6) is 5.75 Å². The molecule has 0 aromatic heterocycles. The maximum absolute atomic E-state index is 10.2. The quantitative estimate of drug-likeness (QED) is 0.835. The third-order valence-electron chi connectivity index (χ3n) is 4.41. The average Bonchev–Trinajstić information content (AvgIpc) is 2.53. The summed E-state index contributed by atoms with van der Waals surface area (Å²) in [6.45, 7) is 7.73. The molecule has 3 heteroatoms. The Hall–Kier alpha value is -1.06. The summed E-state index contributed by atoms with van der Waals surface area (Å²) in [5.74, 6) is 1.41. The number of hydrogen-bond donors (Lipinski definition) is 1. The number of rotatable bonds is 7. The van der Waals surface area contributed by atoms with Crippen molar-refractivity contribution in [2.45, 2.75) is 51.6 Å². The lowest BCUT2D eigenvalue weighted by molar-refractivity contribution is 0.0613. The summed E-state index contributed by atoms with van der Waals surface area (Å²) in [4.78, 5) is 2.35. The zero-order chi connectivity index (χ0) is 15.1. The fourth-order valence-electron chi connectivity index (χ4n) is 2.92. The second-order valence-electron chi connectivity index (χ2n) is 6.17. The summed E-state index contributed by atoms with van der Waals surface area (Å²) in [5, 5.41) is 10.2. The molecule has 1 aromatic carbocycles. The van der Waals surface area contributed by atoms with E-state index in [9.17, 15) is 5.11 Å². The number of β-amino-alcohol motifs (C(OH)–C–C–N with tert-alkyl or cyclic N) is 1. The number of hydrogen-bond acceptors (Lipinski definition) is 3. The van der Waals surface area contributed by atoms with Gasteiger partial charge in [0, 0.05) is 6.54 Å². The van der Waals surface area contributed by atoms with Crippen LogP contribution in [0.2, 0.25) is 0 Å². The van der Waals surface area contributed by atoms with Crippen LogP contribution < -0.4 is 4.74 Å². The first kappa shape index (κ1) is 16.3. The number of nitrogens with zero attached hydrogens (tertiary/aromatic N) is 1. The highest BCUT2D eigenvalue weighted by Gasteiger charge is 2.16. The van der Waals surface area contributed by atoms with Gasteiger partial charge in [-0.05, 0) is 49.9 Å². The Morgan fingerprint density at radius 2 is 1.90 bits per heavy atom. The molecule has 1 saturated heterocycles. The topological polar surface area (TPSA) is 32.7 Å². The van der Waals surface area contributed by atoms with Gasteiger partial charge in [-0.25, -0.2) is 0 Å². The maximum Gasteiger partial charge on any atom is 0.122 e. The predicted molar refractivity (Wildman–Crippen MR) is 86.9 cm³/mol. The molecular weight excluding hydrogens is 262 g/mol. The van der Waals surface area contributed by atoms with E-state index in [2.05, 4.69) is 30.9 Å². The number of aliphatic hydroxyl groups excluding tert-OH is 1. The highest BCUT2D eigenvalue weighted by Crippen LogP contribution is 2.28. The Balaban J connectivity index is 1.84. The molecule has 118 valence electrons. The molecule has 1 heterocycles. The fraction of sp³-hybridized carbons (Fsp3) is 0.667. The first-order valence-electron chi connectivity index (χ1n) is 8.32. The van der Waals surface area contributed by atoms with E-state index >= 15 is 0 Å². The van der Waals surface area contributed by atoms with Gasteiger partial charge in [0.2, 0.25) is 0 Å². The summed E-state index contributed by atoms with van der Waals surface area (Å²) in [6.07, 6.45) is 4.52. The van der Waals surface area contributed by atoms with Crippen LogP contribution in [-0.4, -0.2) is 42.4 Å². The number of benzene rings is 1. The van der Waals surface area contributed by atoms with Crippen molar-refractivity contribution in [1.29, 1.82) is 0 Å². The molecule has 2 unspecified atom stereocenters. The summed E-state index contributed by atoms with van der Waals surface area (Å²) < 4.78 is 5.89. The molecule has 2 rings (SSSR count). The first-order valence-corrected chi connectivity index (χ1v) is 8.32. The molecule has 1 aliphatic rings. The van der Waals surface area contributed by atoms with E-state index in [1.54, 1.807) is 0 Å². The molecular formula is C18H29NO2. The minimum Gasteiger partial charge on any atom is -0.491 e. The van der Waals surface area contributed by atoms with Gasteiger partial charge in [0.15, 0.2) is 0 Å². The Kier molecular flexibility index (Phi) is 6.52. The number of para-hydroxylation sites is 1. The van der Waals surface area contributed by atoms with E-state index in [-0.39, 0.29) is 0 Å². The largest absolute Gasteiger partial charge is 0.491 e. The van der Waals surface area contributed by atoms with E-state index in [4.69, 9.17) is 4.74 Å². The van der Waals surface area contributed by atoms with Crippen LogP contribution in [0, 0.1) is 0 Å². The molecule has 1 aromatic rings. The minimum atomic E-state index is -0.409. The number of piperidine rings is 1. The second-order valence-corrected chi connectivity index (χ2v) is 6.17. The van der Waals surface area contributed by atoms with Gasteiger partial charge in [0.1, 0.15) is 18.5 Å². The molecule has 0 amide bonds. The Morgan fingerprint density at radius 1 is 1.19 bits per heavy atom. The second kappa shape index (κ2) is 8.40. The molecule has 2 atom stereocenters. The number of ether oxygens (including phenoxy) is 1. The van der Waals surface area contributed by atoms with E-state index < -0.39 is 6.10 Å². The van der Waals surface area contributed by atoms with Gasteiger partial charge in [0.05, 0.1) is 0 Å². The van der Waals surface area contributed by atoms with E-state index in [1.807, 2.05) is 12.1 Å². The van der Waals surface area contributed by atoms with Gasteiger partial charge >= 0.3 is 0 Å². The molecule has 3 nitrogen and oxygen atoms in total. The lowest BCUT2D eigenvalue weighted by atomic mass is 9.98. The van der Waals surface area contributed by atoms with Gasteiger partial charge in [-0.1, -0.05) is 38.5 Å². The van der Waals surface area contributed by atoms with E-state index in [0.717, 1.165) is 31.8 Å². The first-order chi connectivity index (χ1) is 10.2. The molecule has 0 spiro atoms. The summed E-state index contributed by atoms with van der Waals surface area (Å²) in [7, 11) is 0. The normalized spacial score (nSPS) is 19.2. The van der Waals surface area contributed by atoms with Crippen LogP contribution in [-0.2, 0) is 0 Å². The lowest BCUT2D eigenvalue weighted by Crippen LogP contribution is -2.38. The zero-order valence-electron chi connectivity index (χ0n) is 13.4. The molecule has 0 aliphatic carbocycles. The Labute approximate surface area is 128 Å². The summed E-state index contributed by atoms with van der Waals surface area (Å²) >= 11 is 0. The van der Waals surface area contributed by atoms with Gasteiger partial charge in [-0.3, -0.25) is 0 Å². The number of likely N-dealkylation sites (tertiary alicyclic amines) is 1. The fourth-order valence-corrected chi connectivity index (χ4v) is 2.92. The van der Waals surface area contributed by atoms with Crippen LogP contribution in [0.25, 0.3) is 0 Å². The van der Waals surface area contributed by atoms with Crippen molar-refractivity contribution in [2.24, 2.45) is 0 Å². The predicted octanol–water partition coefficient (Wildman–Crippen LogP) is 3.43. The highest BCUT2D eigenvalue weighted by molar-refractivity contribution is 5.35. The van der Waals surface area contributed by atoms with Crippen molar-refractivity contribution >= 4 is 0 Å². The smallest absolute Gasteiger partial charge is 0.122 e. The van der Waals surface area contributed by atoms with Crippen LogP contribution >= 0.6 is 0 Å². The summed E-state index contributed by atoms with van der Waals surface area (Å²) in [6, 6.07) is 8.19. The van der Waals surface area contributed by atoms with Crippen LogP contribution in [0.4, 0.5) is 0 Å². The maximum atomic E-state index is 10.2. The van der Waals surface area contributed by atoms with E-state index in [0.29, 0.717) is 12.5 Å². The average molecular weight is 291 g/mol. The van der Waals surface area contributed by atoms with Gasteiger partial charge in [0.25, 0.3) is 0 Å². The van der Waals surface area contributed by atoms with Crippen LogP contribution in [0.3, 0.4) is 0 Å². The molecule has 1 aliphatic heterocycles. The highest BCUT2D eigenvalue weighted by atomic mass is 16.5. The third kappa shape index (κ3) is 5.01. The van der Waals surface area contributed by atoms with Gasteiger partial charge in [-0.2, -0.15) is 0 Å². The van der Waals surface area contributed by atoms with Crippen molar-refractivity contribution < 1.29 is 9.84 Å². The lowest BCUT2D eigenvalue weighted by Gasteiger charge is -2.28. The Morgan fingerprint density at radius 3 is 2.62 bits per heavy atom. The molecule has 0 saturated carbocycles. The van der Waals surface area contributed by atoms with Crippen molar-refractivity contribution in [1.82, 2.24) is 4.90 Å². The van der Waals surface area contributed by atoms with Crippen molar-refractivity contribution in [3.05, 3.63) is 29.8 Å². The van der Waals surface area contributed by atoms with Crippen LogP contribution in [0.1, 0.15) is 51.0 Å².